The second-order valence-corrected chi connectivity index (χ2v) is 5.95. The van der Waals surface area contributed by atoms with Crippen molar-refractivity contribution in [2.45, 2.75) is 19.5 Å². The monoisotopic (exact) mass is 342 g/mol. The maximum atomic E-state index is 12.9. The molecule has 2 aromatic rings. The summed E-state index contributed by atoms with van der Waals surface area (Å²) in [6.07, 6.45) is 0.804. The first-order valence-electron chi connectivity index (χ1n) is 8.37. The summed E-state index contributed by atoms with van der Waals surface area (Å²) >= 11 is 0. The van der Waals surface area contributed by atoms with Gasteiger partial charge in [0.05, 0.1) is 6.61 Å². The number of aryl methyl sites for hydroxylation is 1. The molecule has 2 amide bonds. The molecule has 7 heteroatoms. The van der Waals surface area contributed by atoms with Gasteiger partial charge in [-0.2, -0.15) is 5.10 Å². The molecule has 1 aliphatic heterocycles. The Labute approximate surface area is 146 Å². The highest BCUT2D eigenvalue weighted by atomic mass is 16.5. The molecule has 0 saturated carbocycles. The van der Waals surface area contributed by atoms with E-state index in [9.17, 15) is 9.59 Å². The number of rotatable bonds is 6. The molecule has 0 aliphatic carbocycles. The Balaban J connectivity index is 1.74. The Hall–Kier alpha value is -2.67. The second-order valence-electron chi connectivity index (χ2n) is 5.95. The highest BCUT2D eigenvalue weighted by molar-refractivity contribution is 5.98. The van der Waals surface area contributed by atoms with E-state index in [0.717, 1.165) is 12.0 Å². The summed E-state index contributed by atoms with van der Waals surface area (Å²) < 4.78 is 6.55. The summed E-state index contributed by atoms with van der Waals surface area (Å²) in [6, 6.07) is 11.5. The third kappa shape index (κ3) is 4.06. The molecule has 132 valence electrons. The van der Waals surface area contributed by atoms with Crippen molar-refractivity contribution < 1.29 is 14.3 Å². The molecule has 0 unspecified atom stereocenters. The van der Waals surface area contributed by atoms with Crippen molar-refractivity contribution in [2.24, 2.45) is 0 Å². The van der Waals surface area contributed by atoms with Gasteiger partial charge in [0.1, 0.15) is 5.69 Å². The molecule has 3 rings (SSSR count). The number of amides is 2. The van der Waals surface area contributed by atoms with Crippen molar-refractivity contribution in [1.29, 1.82) is 0 Å². The van der Waals surface area contributed by atoms with Crippen molar-refractivity contribution in [3.8, 4) is 0 Å². The second kappa shape index (κ2) is 7.94. The lowest BCUT2D eigenvalue weighted by atomic mass is 10.2. The van der Waals surface area contributed by atoms with Crippen LogP contribution in [0.4, 0.5) is 0 Å². The molecule has 0 fully saturated rings. The standard InChI is InChI=1S/C18H22N4O3/c1-25-11-8-19-17(23)15-12-16-18(24)21(9-5-10-22(16)20-15)13-14-6-3-2-4-7-14/h2-4,6-7,12H,5,8-11,13H2,1H3,(H,19,23). The van der Waals surface area contributed by atoms with E-state index >= 15 is 0 Å². The molecule has 25 heavy (non-hydrogen) atoms. The van der Waals surface area contributed by atoms with Gasteiger partial charge in [0.25, 0.3) is 11.8 Å². The largest absolute Gasteiger partial charge is 0.383 e. The van der Waals surface area contributed by atoms with Crippen molar-refractivity contribution in [3.63, 3.8) is 0 Å². The molecular formula is C18H22N4O3. The Kier molecular flexibility index (Phi) is 5.45. The van der Waals surface area contributed by atoms with E-state index in [0.29, 0.717) is 38.5 Å². The minimum Gasteiger partial charge on any atom is -0.383 e. The van der Waals surface area contributed by atoms with Crippen molar-refractivity contribution >= 4 is 11.8 Å². The van der Waals surface area contributed by atoms with Gasteiger partial charge in [0.15, 0.2) is 5.69 Å². The fraction of sp³-hybridized carbons (Fsp3) is 0.389. The quantitative estimate of drug-likeness (QED) is 0.803. The Morgan fingerprint density at radius 3 is 2.84 bits per heavy atom. The van der Waals surface area contributed by atoms with Gasteiger partial charge in [-0.05, 0) is 12.0 Å². The van der Waals surface area contributed by atoms with E-state index in [-0.39, 0.29) is 17.5 Å². The SMILES string of the molecule is COCCNC(=O)c1cc2n(n1)CCCN(Cc1ccccc1)C2=O. The number of hydrogen-bond donors (Lipinski definition) is 1. The van der Waals surface area contributed by atoms with Gasteiger partial charge in [0.2, 0.25) is 0 Å². The van der Waals surface area contributed by atoms with E-state index < -0.39 is 0 Å². The maximum Gasteiger partial charge on any atom is 0.272 e. The van der Waals surface area contributed by atoms with Crippen LogP contribution in [0.3, 0.4) is 0 Å². The Bertz CT molecular complexity index is 742. The topological polar surface area (TPSA) is 76.5 Å². The van der Waals surface area contributed by atoms with Gasteiger partial charge in [0, 0.05) is 39.4 Å². The molecule has 1 aliphatic rings. The highest BCUT2D eigenvalue weighted by Crippen LogP contribution is 2.16. The van der Waals surface area contributed by atoms with Crippen LogP contribution < -0.4 is 5.32 Å². The predicted molar refractivity (Wildman–Crippen MR) is 92.2 cm³/mol. The van der Waals surface area contributed by atoms with Crippen LogP contribution >= 0.6 is 0 Å². The van der Waals surface area contributed by atoms with E-state index in [1.54, 1.807) is 17.9 Å². The average Bonchev–Trinajstić information content (AvgIpc) is 3.00. The summed E-state index contributed by atoms with van der Waals surface area (Å²) in [7, 11) is 1.57. The molecule has 7 nitrogen and oxygen atoms in total. The summed E-state index contributed by atoms with van der Waals surface area (Å²) in [6.45, 7) is 2.69. The fourth-order valence-corrected chi connectivity index (χ4v) is 2.86. The van der Waals surface area contributed by atoms with Gasteiger partial charge >= 0.3 is 0 Å². The number of methoxy groups -OCH3 is 1. The first kappa shape index (κ1) is 17.2. The number of aromatic nitrogens is 2. The molecule has 0 bridgehead atoms. The van der Waals surface area contributed by atoms with Crippen LogP contribution in [0, 0.1) is 0 Å². The normalized spacial score (nSPS) is 14.1. The molecule has 0 atom stereocenters. The van der Waals surface area contributed by atoms with E-state index in [1.165, 1.54) is 0 Å². The Morgan fingerprint density at radius 1 is 1.28 bits per heavy atom. The zero-order chi connectivity index (χ0) is 17.6. The van der Waals surface area contributed by atoms with Gasteiger partial charge in [-0.1, -0.05) is 30.3 Å². The minimum atomic E-state index is -0.292. The summed E-state index contributed by atoms with van der Waals surface area (Å²) in [5.74, 6) is -0.384. The van der Waals surface area contributed by atoms with Gasteiger partial charge in [-0.3, -0.25) is 14.3 Å². The van der Waals surface area contributed by atoms with Crippen LogP contribution in [0.5, 0.6) is 0 Å². The first-order valence-corrected chi connectivity index (χ1v) is 8.37. The zero-order valence-corrected chi connectivity index (χ0v) is 14.3. The molecule has 0 saturated heterocycles. The number of nitrogens with one attached hydrogen (secondary N) is 1. The lowest BCUT2D eigenvalue weighted by Gasteiger charge is -2.20. The first-order chi connectivity index (χ1) is 12.2. The van der Waals surface area contributed by atoms with Crippen molar-refractivity contribution in [3.05, 3.63) is 53.3 Å². The lowest BCUT2D eigenvalue weighted by Crippen LogP contribution is -2.30. The molecule has 0 spiro atoms. The predicted octanol–water partition coefficient (Wildman–Crippen LogP) is 1.31. The fourth-order valence-electron chi connectivity index (χ4n) is 2.86. The van der Waals surface area contributed by atoms with Gasteiger partial charge in [-0.25, -0.2) is 0 Å². The molecule has 2 heterocycles. The number of ether oxygens (including phenoxy) is 1. The average molecular weight is 342 g/mol. The van der Waals surface area contributed by atoms with Crippen LogP contribution in [0.2, 0.25) is 0 Å². The van der Waals surface area contributed by atoms with Crippen LogP contribution in [0.15, 0.2) is 36.4 Å². The molecular weight excluding hydrogens is 320 g/mol. The van der Waals surface area contributed by atoms with Gasteiger partial charge < -0.3 is 15.0 Å². The zero-order valence-electron chi connectivity index (χ0n) is 14.3. The number of carbonyl (C=O) groups is 2. The van der Waals surface area contributed by atoms with E-state index in [2.05, 4.69) is 10.4 Å². The van der Waals surface area contributed by atoms with Crippen molar-refractivity contribution in [1.82, 2.24) is 20.0 Å². The number of carbonyl (C=O) groups excluding carboxylic acids is 2. The molecule has 1 N–H and O–H groups in total. The number of nitrogens with zero attached hydrogens (tertiary/aromatic N) is 3. The van der Waals surface area contributed by atoms with Crippen LogP contribution in [0.1, 0.15) is 33.0 Å². The summed E-state index contributed by atoms with van der Waals surface area (Å²) in [4.78, 5) is 26.8. The third-order valence-electron chi connectivity index (χ3n) is 4.12. The number of fused-ring (bicyclic) bond motifs is 1. The maximum absolute atomic E-state index is 12.9. The third-order valence-corrected chi connectivity index (χ3v) is 4.12. The lowest BCUT2D eigenvalue weighted by molar-refractivity contribution is 0.0745. The van der Waals surface area contributed by atoms with E-state index in [1.807, 2.05) is 35.2 Å². The van der Waals surface area contributed by atoms with Gasteiger partial charge in [-0.15, -0.1) is 0 Å². The van der Waals surface area contributed by atoms with Crippen molar-refractivity contribution in [2.75, 3.05) is 26.8 Å². The number of benzene rings is 1. The van der Waals surface area contributed by atoms with E-state index in [4.69, 9.17) is 4.74 Å². The molecule has 1 aromatic heterocycles. The van der Waals surface area contributed by atoms with Crippen LogP contribution in [0.25, 0.3) is 0 Å². The Morgan fingerprint density at radius 2 is 2.08 bits per heavy atom. The number of hydrogen-bond acceptors (Lipinski definition) is 4. The minimum absolute atomic E-state index is 0.0928. The summed E-state index contributed by atoms with van der Waals surface area (Å²) in [5, 5.41) is 7.02. The molecule has 0 radical (unpaired) electrons. The molecule has 1 aromatic carbocycles. The highest BCUT2D eigenvalue weighted by Gasteiger charge is 2.26. The smallest absolute Gasteiger partial charge is 0.272 e. The van der Waals surface area contributed by atoms with Crippen LogP contribution in [-0.2, 0) is 17.8 Å². The van der Waals surface area contributed by atoms with Crippen LogP contribution in [-0.4, -0.2) is 53.3 Å². The summed E-state index contributed by atoms with van der Waals surface area (Å²) in [5.41, 5.74) is 1.81.